The molecular weight excluding hydrogens is 276 g/mol. The minimum absolute atomic E-state index is 0.208. The number of amides is 1. The molecule has 0 aliphatic heterocycles. The number of carboxylic acids is 1. The molecule has 0 fully saturated rings. The highest BCUT2D eigenvalue weighted by Crippen LogP contribution is 2.10. The van der Waals surface area contributed by atoms with Gasteiger partial charge >= 0.3 is 5.97 Å². The Balaban J connectivity index is 2.81. The van der Waals surface area contributed by atoms with Gasteiger partial charge in [0.1, 0.15) is 17.7 Å². The summed E-state index contributed by atoms with van der Waals surface area (Å²) < 4.78 is 26.3. The van der Waals surface area contributed by atoms with Gasteiger partial charge in [-0.15, -0.1) is 0 Å². The molecule has 0 radical (unpaired) electrons. The molecule has 7 heteroatoms. The zero-order valence-electron chi connectivity index (χ0n) is 10.2. The van der Waals surface area contributed by atoms with Gasteiger partial charge in [-0.05, 0) is 36.6 Å². The molecule has 1 aromatic rings. The van der Waals surface area contributed by atoms with E-state index in [0.717, 1.165) is 18.2 Å². The summed E-state index contributed by atoms with van der Waals surface area (Å²) >= 11 is 1.43. The van der Waals surface area contributed by atoms with Crippen LogP contribution in [0.15, 0.2) is 18.2 Å². The van der Waals surface area contributed by atoms with Gasteiger partial charge in [-0.3, -0.25) is 4.79 Å². The molecule has 0 saturated heterocycles. The van der Waals surface area contributed by atoms with Crippen LogP contribution in [0.5, 0.6) is 0 Å². The summed E-state index contributed by atoms with van der Waals surface area (Å²) in [6.45, 7) is 0. The van der Waals surface area contributed by atoms with E-state index < -0.39 is 35.1 Å². The molecule has 0 aliphatic carbocycles. The minimum atomic E-state index is -1.21. The molecule has 1 rings (SSSR count). The highest BCUT2D eigenvalue weighted by molar-refractivity contribution is 7.98. The molecule has 0 heterocycles. The second-order valence-corrected chi connectivity index (χ2v) is 4.76. The Hall–Kier alpha value is -1.63. The Morgan fingerprint density at radius 2 is 2.11 bits per heavy atom. The fourth-order valence-corrected chi connectivity index (χ4v) is 1.87. The molecule has 0 aromatic heterocycles. The first-order valence-corrected chi connectivity index (χ1v) is 6.82. The number of carbonyl (C=O) groups excluding carboxylic acids is 1. The van der Waals surface area contributed by atoms with Crippen molar-refractivity contribution in [2.45, 2.75) is 12.5 Å². The lowest BCUT2D eigenvalue weighted by molar-refractivity contribution is -0.139. The average Bonchev–Trinajstić information content (AvgIpc) is 2.36. The van der Waals surface area contributed by atoms with Crippen molar-refractivity contribution in [1.82, 2.24) is 5.32 Å². The van der Waals surface area contributed by atoms with Gasteiger partial charge in [-0.2, -0.15) is 11.8 Å². The van der Waals surface area contributed by atoms with E-state index in [0.29, 0.717) is 5.75 Å². The molecule has 19 heavy (non-hydrogen) atoms. The lowest BCUT2D eigenvalue weighted by Crippen LogP contribution is -2.41. The van der Waals surface area contributed by atoms with E-state index in [1.165, 1.54) is 11.8 Å². The van der Waals surface area contributed by atoms with Gasteiger partial charge in [0.15, 0.2) is 0 Å². The van der Waals surface area contributed by atoms with Gasteiger partial charge in [0.2, 0.25) is 0 Å². The second kappa shape index (κ2) is 7.08. The molecule has 4 nitrogen and oxygen atoms in total. The van der Waals surface area contributed by atoms with Crippen LogP contribution in [-0.2, 0) is 4.79 Å². The number of hydrogen-bond acceptors (Lipinski definition) is 3. The number of carbonyl (C=O) groups is 2. The SMILES string of the molecule is CSCCC(NC(=O)c1cc(F)ccc1F)C(=O)O. The monoisotopic (exact) mass is 289 g/mol. The van der Waals surface area contributed by atoms with Crippen molar-refractivity contribution in [2.24, 2.45) is 0 Å². The summed E-state index contributed by atoms with van der Waals surface area (Å²) in [6, 6.07) is 1.32. The Kier molecular flexibility index (Phi) is 5.75. The van der Waals surface area contributed by atoms with Crippen LogP contribution in [0.25, 0.3) is 0 Å². The van der Waals surface area contributed by atoms with Crippen molar-refractivity contribution in [2.75, 3.05) is 12.0 Å². The van der Waals surface area contributed by atoms with Crippen LogP contribution < -0.4 is 5.32 Å². The Labute approximate surface area is 113 Å². The molecule has 1 aromatic carbocycles. The molecule has 104 valence electrons. The first-order chi connectivity index (χ1) is 8.95. The third kappa shape index (κ3) is 4.51. The van der Waals surface area contributed by atoms with Crippen LogP contribution in [0, 0.1) is 11.6 Å². The topological polar surface area (TPSA) is 66.4 Å². The van der Waals surface area contributed by atoms with E-state index in [1.54, 1.807) is 6.26 Å². The maximum absolute atomic E-state index is 13.3. The molecule has 1 unspecified atom stereocenters. The van der Waals surface area contributed by atoms with Gasteiger partial charge < -0.3 is 10.4 Å². The van der Waals surface area contributed by atoms with Gasteiger partial charge in [-0.25, -0.2) is 13.6 Å². The molecule has 0 aliphatic rings. The zero-order chi connectivity index (χ0) is 14.4. The minimum Gasteiger partial charge on any atom is -0.480 e. The maximum Gasteiger partial charge on any atom is 0.326 e. The van der Waals surface area contributed by atoms with Gasteiger partial charge in [-0.1, -0.05) is 0 Å². The molecule has 2 N–H and O–H groups in total. The van der Waals surface area contributed by atoms with Gasteiger partial charge in [0.25, 0.3) is 5.91 Å². The van der Waals surface area contributed by atoms with E-state index in [-0.39, 0.29) is 6.42 Å². The van der Waals surface area contributed by atoms with E-state index in [1.807, 2.05) is 0 Å². The lowest BCUT2D eigenvalue weighted by Gasteiger charge is -2.14. The molecule has 1 atom stereocenters. The Morgan fingerprint density at radius 1 is 1.42 bits per heavy atom. The Bertz CT molecular complexity index is 482. The van der Waals surface area contributed by atoms with Crippen molar-refractivity contribution in [3.05, 3.63) is 35.4 Å². The van der Waals surface area contributed by atoms with Crippen LogP contribution >= 0.6 is 11.8 Å². The van der Waals surface area contributed by atoms with Gasteiger partial charge in [0.05, 0.1) is 5.56 Å². The first kappa shape index (κ1) is 15.4. The largest absolute Gasteiger partial charge is 0.480 e. The van der Waals surface area contributed by atoms with Crippen molar-refractivity contribution in [1.29, 1.82) is 0 Å². The van der Waals surface area contributed by atoms with Crippen molar-refractivity contribution in [3.63, 3.8) is 0 Å². The fraction of sp³-hybridized carbons (Fsp3) is 0.333. The number of hydrogen-bond donors (Lipinski definition) is 2. The normalized spacial score (nSPS) is 11.9. The molecule has 0 bridgehead atoms. The smallest absolute Gasteiger partial charge is 0.326 e. The van der Waals surface area contributed by atoms with Crippen LogP contribution in [-0.4, -0.2) is 35.0 Å². The lowest BCUT2D eigenvalue weighted by atomic mass is 10.1. The van der Waals surface area contributed by atoms with Crippen LogP contribution in [0.2, 0.25) is 0 Å². The highest BCUT2D eigenvalue weighted by Gasteiger charge is 2.22. The van der Waals surface area contributed by atoms with E-state index in [9.17, 15) is 18.4 Å². The van der Waals surface area contributed by atoms with Crippen LogP contribution in [0.3, 0.4) is 0 Å². The van der Waals surface area contributed by atoms with Crippen LogP contribution in [0.1, 0.15) is 16.8 Å². The molecule has 0 spiro atoms. The summed E-state index contributed by atoms with van der Waals surface area (Å²) in [6.07, 6.45) is 2.01. The number of thioether (sulfide) groups is 1. The van der Waals surface area contributed by atoms with Crippen molar-refractivity contribution >= 4 is 23.6 Å². The van der Waals surface area contributed by atoms with Gasteiger partial charge in [0, 0.05) is 0 Å². The first-order valence-electron chi connectivity index (χ1n) is 5.43. The van der Waals surface area contributed by atoms with E-state index >= 15 is 0 Å². The van der Waals surface area contributed by atoms with E-state index in [2.05, 4.69) is 5.32 Å². The fourth-order valence-electron chi connectivity index (χ4n) is 1.40. The summed E-state index contributed by atoms with van der Waals surface area (Å²) in [7, 11) is 0. The Morgan fingerprint density at radius 3 is 2.68 bits per heavy atom. The maximum atomic E-state index is 13.3. The van der Waals surface area contributed by atoms with Crippen molar-refractivity contribution in [3.8, 4) is 0 Å². The summed E-state index contributed by atoms with van der Waals surface area (Å²) in [5, 5.41) is 11.1. The number of aliphatic carboxylic acids is 1. The summed E-state index contributed by atoms with van der Waals surface area (Å²) in [5.74, 6) is -3.27. The highest BCUT2D eigenvalue weighted by atomic mass is 32.2. The third-order valence-electron chi connectivity index (χ3n) is 2.39. The van der Waals surface area contributed by atoms with Crippen molar-refractivity contribution < 1.29 is 23.5 Å². The number of benzene rings is 1. The standard InChI is InChI=1S/C12H13F2NO3S/c1-19-5-4-10(12(17)18)15-11(16)8-6-7(13)2-3-9(8)14/h2-3,6,10H,4-5H2,1H3,(H,15,16)(H,17,18). The molecule has 1 amide bonds. The number of nitrogens with one attached hydrogen (secondary N) is 1. The third-order valence-corrected chi connectivity index (χ3v) is 3.03. The average molecular weight is 289 g/mol. The number of rotatable bonds is 6. The summed E-state index contributed by atoms with van der Waals surface area (Å²) in [5.41, 5.74) is -0.504. The molecule has 0 saturated carbocycles. The predicted octanol–water partition coefficient (Wildman–Crippen LogP) is 1.90. The predicted molar refractivity (Wildman–Crippen MR) is 68.2 cm³/mol. The van der Waals surface area contributed by atoms with E-state index in [4.69, 9.17) is 5.11 Å². The zero-order valence-corrected chi connectivity index (χ0v) is 11.0. The number of halogens is 2. The quantitative estimate of drug-likeness (QED) is 0.839. The number of carboxylic acid groups (broad SMARTS) is 1. The summed E-state index contributed by atoms with van der Waals surface area (Å²) in [4.78, 5) is 22.6. The van der Waals surface area contributed by atoms with Crippen LogP contribution in [0.4, 0.5) is 8.78 Å². The second-order valence-electron chi connectivity index (χ2n) is 3.77. The molecular formula is C12H13F2NO3S.